The number of ether oxygens (including phenoxy) is 3. The molecule has 0 spiro atoms. The fraction of sp³-hybridized carbons (Fsp3) is 0.794. The lowest BCUT2D eigenvalue weighted by Crippen LogP contribution is -2.46. The van der Waals surface area contributed by atoms with E-state index in [1.54, 1.807) is 38.7 Å². The molecule has 0 bridgehead atoms. The molecule has 1 aromatic rings. The first-order chi connectivity index (χ1) is 21.5. The molecular formula is C34H56F2N2O7S. The summed E-state index contributed by atoms with van der Waals surface area (Å²) in [6.45, 7) is 13.7. The third kappa shape index (κ3) is 14.1. The van der Waals surface area contributed by atoms with Gasteiger partial charge in [-0.25, -0.2) is 27.0 Å². The lowest BCUT2D eigenvalue weighted by Gasteiger charge is -2.37. The van der Waals surface area contributed by atoms with Crippen LogP contribution in [-0.2, 0) is 24.1 Å². The zero-order valence-corrected chi connectivity index (χ0v) is 29.7. The van der Waals surface area contributed by atoms with Gasteiger partial charge in [0.1, 0.15) is 10.5 Å². The zero-order valence-electron chi connectivity index (χ0n) is 28.9. The molecular weight excluding hydrogens is 618 g/mol. The van der Waals surface area contributed by atoms with E-state index in [4.69, 9.17) is 14.2 Å². The Morgan fingerprint density at radius 3 is 2.37 bits per heavy atom. The molecule has 9 nitrogen and oxygen atoms in total. The molecule has 1 heterocycles. The molecule has 1 aliphatic rings. The molecule has 46 heavy (non-hydrogen) atoms. The number of pyridine rings is 1. The predicted octanol–water partition coefficient (Wildman–Crippen LogP) is 8.07. The minimum absolute atomic E-state index is 0.00926. The Morgan fingerprint density at radius 1 is 1.09 bits per heavy atom. The van der Waals surface area contributed by atoms with Gasteiger partial charge in [0.05, 0.1) is 24.9 Å². The third-order valence-corrected chi connectivity index (χ3v) is 9.95. The second kappa shape index (κ2) is 18.2. The quantitative estimate of drug-likeness (QED) is 0.114. The molecule has 1 aliphatic carbocycles. The molecule has 2 atom stereocenters. The highest BCUT2D eigenvalue weighted by Crippen LogP contribution is 2.36. The van der Waals surface area contributed by atoms with Crippen LogP contribution in [0, 0.1) is 12.8 Å². The largest absolute Gasteiger partial charge is 0.474 e. The van der Waals surface area contributed by atoms with E-state index in [9.17, 15) is 26.8 Å². The van der Waals surface area contributed by atoms with Crippen LogP contribution in [0.3, 0.4) is 0 Å². The van der Waals surface area contributed by atoms with Gasteiger partial charge in [-0.1, -0.05) is 33.1 Å². The number of carbonyl (C=O) groups excluding carboxylic acids is 2. The van der Waals surface area contributed by atoms with E-state index in [1.165, 1.54) is 6.07 Å². The number of aryl methyl sites for hydroxylation is 1. The van der Waals surface area contributed by atoms with Gasteiger partial charge < -0.3 is 19.1 Å². The summed E-state index contributed by atoms with van der Waals surface area (Å²) >= 11 is 0. The van der Waals surface area contributed by atoms with Gasteiger partial charge in [-0.3, -0.25) is 4.79 Å². The molecule has 0 N–H and O–H groups in total. The van der Waals surface area contributed by atoms with Crippen molar-refractivity contribution in [3.05, 3.63) is 17.8 Å². The molecule has 12 heteroatoms. The molecule has 1 amide bonds. The van der Waals surface area contributed by atoms with Gasteiger partial charge in [-0.05, 0) is 91.2 Å². The van der Waals surface area contributed by atoms with Gasteiger partial charge >= 0.3 is 12.1 Å². The molecule has 1 aromatic heterocycles. The van der Waals surface area contributed by atoms with Gasteiger partial charge in [0, 0.05) is 31.1 Å². The topological polar surface area (TPSA) is 112 Å². The summed E-state index contributed by atoms with van der Waals surface area (Å²) in [4.78, 5) is 31.2. The van der Waals surface area contributed by atoms with Crippen molar-refractivity contribution in [1.82, 2.24) is 9.88 Å². The van der Waals surface area contributed by atoms with Crippen LogP contribution in [0.1, 0.15) is 124 Å². The lowest BCUT2D eigenvalue weighted by molar-refractivity contribution is -0.144. The van der Waals surface area contributed by atoms with Crippen LogP contribution in [0.25, 0.3) is 0 Å². The zero-order chi connectivity index (χ0) is 34.5. The van der Waals surface area contributed by atoms with Crippen molar-refractivity contribution >= 4 is 21.9 Å². The molecule has 264 valence electrons. The maximum absolute atomic E-state index is 13.8. The number of hydrogen-bond acceptors (Lipinski definition) is 8. The number of rotatable bonds is 18. The Balaban J connectivity index is 1.96. The standard InChI is InChI=1S/C34H56F2N2O7S/c1-8-10-14-27(9-2)24-43-30(39)19-23-46(41,42)29-16-15-25(3)37-31(29)44-26(4)13-11-12-22-38(32(40)45-33(5,6)7)28-17-20-34(35,36)21-18-28/h15-16,26-28H,8-14,17-24H2,1-7H3/t26-,27-/m1/s1. The van der Waals surface area contributed by atoms with Crippen LogP contribution < -0.4 is 4.74 Å². The van der Waals surface area contributed by atoms with E-state index in [0.29, 0.717) is 38.1 Å². The fourth-order valence-electron chi connectivity index (χ4n) is 5.39. The molecule has 0 unspecified atom stereocenters. The number of unbranched alkanes of at least 4 members (excludes halogenated alkanes) is 2. The van der Waals surface area contributed by atoms with E-state index in [-0.39, 0.29) is 54.8 Å². The number of carbonyl (C=O) groups is 2. The van der Waals surface area contributed by atoms with E-state index < -0.39 is 45.3 Å². The molecule has 0 saturated heterocycles. The van der Waals surface area contributed by atoms with Gasteiger partial charge in [-0.15, -0.1) is 0 Å². The Labute approximate surface area is 275 Å². The average molecular weight is 675 g/mol. The minimum atomic E-state index is -3.89. The van der Waals surface area contributed by atoms with Crippen molar-refractivity contribution in [2.45, 2.75) is 154 Å². The number of aromatic nitrogens is 1. The molecule has 0 aliphatic heterocycles. The first-order valence-electron chi connectivity index (χ1n) is 16.9. The van der Waals surface area contributed by atoms with Crippen molar-refractivity contribution < 1.29 is 41.0 Å². The normalized spacial score (nSPS) is 16.8. The number of hydrogen-bond donors (Lipinski definition) is 0. The molecule has 2 rings (SSSR count). The summed E-state index contributed by atoms with van der Waals surface area (Å²) in [6, 6.07) is 2.74. The molecule has 1 fully saturated rings. The Kier molecular flexibility index (Phi) is 15.7. The third-order valence-electron chi connectivity index (χ3n) is 8.23. The summed E-state index contributed by atoms with van der Waals surface area (Å²) < 4.78 is 71.0. The van der Waals surface area contributed by atoms with Crippen LogP contribution >= 0.6 is 0 Å². The second-order valence-electron chi connectivity index (χ2n) is 13.6. The van der Waals surface area contributed by atoms with Gasteiger partial charge in [-0.2, -0.15) is 0 Å². The molecule has 0 radical (unpaired) electrons. The Bertz CT molecular complexity index is 1210. The van der Waals surface area contributed by atoms with E-state index in [1.807, 2.05) is 13.8 Å². The number of alkyl halides is 2. The van der Waals surface area contributed by atoms with Crippen LogP contribution in [0.4, 0.5) is 13.6 Å². The van der Waals surface area contributed by atoms with Crippen LogP contribution in [0.2, 0.25) is 0 Å². The number of amides is 1. The van der Waals surface area contributed by atoms with Crippen LogP contribution in [-0.4, -0.2) is 72.9 Å². The number of halogens is 2. The lowest BCUT2D eigenvalue weighted by atomic mass is 9.91. The summed E-state index contributed by atoms with van der Waals surface area (Å²) in [5.41, 5.74) is -0.119. The Hall–Kier alpha value is -2.50. The van der Waals surface area contributed by atoms with Crippen molar-refractivity contribution in [2.24, 2.45) is 5.92 Å². The van der Waals surface area contributed by atoms with E-state index >= 15 is 0 Å². The van der Waals surface area contributed by atoms with Crippen molar-refractivity contribution in [1.29, 1.82) is 0 Å². The van der Waals surface area contributed by atoms with Gasteiger partial charge in [0.25, 0.3) is 0 Å². The number of sulfone groups is 1. The van der Waals surface area contributed by atoms with Crippen LogP contribution in [0.5, 0.6) is 5.88 Å². The summed E-state index contributed by atoms with van der Waals surface area (Å²) in [7, 11) is -3.89. The maximum atomic E-state index is 13.8. The van der Waals surface area contributed by atoms with Crippen molar-refractivity contribution in [3.63, 3.8) is 0 Å². The second-order valence-corrected chi connectivity index (χ2v) is 15.7. The van der Waals surface area contributed by atoms with Crippen molar-refractivity contribution in [2.75, 3.05) is 18.9 Å². The van der Waals surface area contributed by atoms with Gasteiger partial charge in [0.2, 0.25) is 11.8 Å². The fourth-order valence-corrected chi connectivity index (χ4v) is 6.68. The summed E-state index contributed by atoms with van der Waals surface area (Å²) in [5.74, 6) is -3.40. The van der Waals surface area contributed by atoms with E-state index in [2.05, 4.69) is 11.9 Å². The maximum Gasteiger partial charge on any atom is 0.410 e. The first-order valence-corrected chi connectivity index (χ1v) is 18.5. The monoisotopic (exact) mass is 674 g/mol. The minimum Gasteiger partial charge on any atom is -0.474 e. The average Bonchev–Trinajstić information content (AvgIpc) is 2.95. The number of esters is 1. The Morgan fingerprint density at radius 2 is 1.76 bits per heavy atom. The molecule has 1 saturated carbocycles. The summed E-state index contributed by atoms with van der Waals surface area (Å²) in [6.07, 6.45) is 4.52. The van der Waals surface area contributed by atoms with E-state index in [0.717, 1.165) is 25.7 Å². The number of nitrogens with zero attached hydrogens (tertiary/aromatic N) is 2. The smallest absolute Gasteiger partial charge is 0.410 e. The highest BCUT2D eigenvalue weighted by Gasteiger charge is 2.39. The predicted molar refractivity (Wildman–Crippen MR) is 174 cm³/mol. The molecule has 0 aromatic carbocycles. The van der Waals surface area contributed by atoms with Gasteiger partial charge in [0.15, 0.2) is 9.84 Å². The SMILES string of the molecule is CCCC[C@@H](CC)COC(=O)CCS(=O)(=O)c1ccc(C)nc1O[C@H](C)CCCCN(C(=O)OC(C)(C)C)C1CCC(F)(F)CC1. The highest BCUT2D eigenvalue weighted by atomic mass is 32.2. The van der Waals surface area contributed by atoms with Crippen LogP contribution in [0.15, 0.2) is 17.0 Å². The van der Waals surface area contributed by atoms with Crippen molar-refractivity contribution in [3.8, 4) is 5.88 Å². The first kappa shape index (κ1) is 39.7. The highest BCUT2D eigenvalue weighted by molar-refractivity contribution is 7.91. The summed E-state index contributed by atoms with van der Waals surface area (Å²) in [5, 5.41) is 0.